The standard InChI is InChI=1S/C15H7F6NO3S/c16-14(17,18)9-4-5-11(23)12-7-2-1-3-10(15(19,20)21)13(7)26(24,25)22-6-8(9)12/h1-4,6H,5H2. The van der Waals surface area contributed by atoms with Crippen LogP contribution in [0.5, 0.6) is 0 Å². The summed E-state index contributed by atoms with van der Waals surface area (Å²) in [6.45, 7) is 0. The number of benzene rings is 1. The fraction of sp³-hybridized carbons (Fsp3) is 0.200. The second kappa shape index (κ2) is 5.53. The van der Waals surface area contributed by atoms with Gasteiger partial charge in [-0.2, -0.15) is 39.2 Å². The van der Waals surface area contributed by atoms with Crippen LogP contribution in [0.3, 0.4) is 0 Å². The van der Waals surface area contributed by atoms with Gasteiger partial charge in [-0.1, -0.05) is 18.2 Å². The Hall–Kier alpha value is -2.43. The first kappa shape index (κ1) is 18.4. The quantitative estimate of drug-likeness (QED) is 0.630. The molecule has 1 heterocycles. The highest BCUT2D eigenvalue weighted by Crippen LogP contribution is 2.44. The molecule has 0 radical (unpaired) electrons. The van der Waals surface area contributed by atoms with E-state index in [1.165, 1.54) is 0 Å². The third kappa shape index (κ3) is 2.85. The zero-order valence-electron chi connectivity index (χ0n) is 12.4. The van der Waals surface area contributed by atoms with Gasteiger partial charge in [0.1, 0.15) is 4.90 Å². The number of nitrogens with zero attached hydrogens (tertiary/aromatic N) is 1. The number of sulfonamides is 1. The Bertz CT molecular complexity index is 1010. The molecule has 0 atom stereocenters. The van der Waals surface area contributed by atoms with Crippen molar-refractivity contribution in [3.63, 3.8) is 0 Å². The van der Waals surface area contributed by atoms with E-state index in [1.807, 2.05) is 0 Å². The Morgan fingerprint density at radius 1 is 1.00 bits per heavy atom. The number of alkyl halides is 6. The third-order valence-electron chi connectivity index (χ3n) is 3.80. The first-order chi connectivity index (χ1) is 11.8. The van der Waals surface area contributed by atoms with E-state index >= 15 is 0 Å². The van der Waals surface area contributed by atoms with Crippen molar-refractivity contribution in [2.45, 2.75) is 23.7 Å². The van der Waals surface area contributed by atoms with Crippen LogP contribution in [0.25, 0.3) is 5.57 Å². The summed E-state index contributed by atoms with van der Waals surface area (Å²) in [5.41, 5.74) is -5.28. The average Bonchev–Trinajstić information content (AvgIpc) is 2.61. The molecule has 1 aromatic rings. The number of ketones is 1. The molecular formula is C15H7F6NO3S. The van der Waals surface area contributed by atoms with Crippen LogP contribution in [0, 0.1) is 0 Å². The van der Waals surface area contributed by atoms with E-state index in [0.29, 0.717) is 12.1 Å². The van der Waals surface area contributed by atoms with E-state index in [2.05, 4.69) is 4.40 Å². The summed E-state index contributed by atoms with van der Waals surface area (Å²) in [7, 11) is -4.98. The highest BCUT2D eigenvalue weighted by molar-refractivity contribution is 7.90. The number of rotatable bonds is 0. The molecule has 1 aliphatic heterocycles. The number of allylic oxidation sites excluding steroid dienone is 4. The van der Waals surface area contributed by atoms with Gasteiger partial charge < -0.3 is 0 Å². The van der Waals surface area contributed by atoms with Crippen LogP contribution in [0.1, 0.15) is 17.5 Å². The minimum atomic E-state index is -5.11. The monoisotopic (exact) mass is 395 g/mol. The Morgan fingerprint density at radius 2 is 1.65 bits per heavy atom. The molecule has 1 aromatic carbocycles. The highest BCUT2D eigenvalue weighted by atomic mass is 32.2. The fourth-order valence-corrected chi connectivity index (χ4v) is 4.06. The van der Waals surface area contributed by atoms with Crippen molar-refractivity contribution in [2.75, 3.05) is 0 Å². The molecule has 0 saturated heterocycles. The summed E-state index contributed by atoms with van der Waals surface area (Å²) in [6, 6.07) is 2.15. The molecule has 0 fully saturated rings. The topological polar surface area (TPSA) is 63.6 Å². The number of hydrogen-bond acceptors (Lipinski definition) is 3. The Morgan fingerprint density at radius 3 is 2.23 bits per heavy atom. The van der Waals surface area contributed by atoms with Gasteiger partial charge in [0.2, 0.25) is 0 Å². The summed E-state index contributed by atoms with van der Waals surface area (Å²) in [4.78, 5) is 10.9. The lowest BCUT2D eigenvalue weighted by Crippen LogP contribution is -2.21. The molecule has 1 aliphatic carbocycles. The molecule has 0 amide bonds. The largest absolute Gasteiger partial charge is 0.417 e. The van der Waals surface area contributed by atoms with Crippen LogP contribution in [0.2, 0.25) is 0 Å². The van der Waals surface area contributed by atoms with Crippen molar-refractivity contribution < 1.29 is 39.6 Å². The number of Topliss-reactive ketones (excluding diaryl/α,β-unsaturated/α-hetero) is 1. The predicted octanol–water partition coefficient (Wildman–Crippen LogP) is 3.69. The number of carbonyl (C=O) groups is 1. The lowest BCUT2D eigenvalue weighted by atomic mass is 9.85. The lowest BCUT2D eigenvalue weighted by molar-refractivity contribution is -0.140. The van der Waals surface area contributed by atoms with E-state index in [9.17, 15) is 39.6 Å². The van der Waals surface area contributed by atoms with Gasteiger partial charge in [0.15, 0.2) is 5.78 Å². The molecule has 26 heavy (non-hydrogen) atoms. The van der Waals surface area contributed by atoms with Gasteiger partial charge in [-0.05, 0) is 6.07 Å². The second-order valence-electron chi connectivity index (χ2n) is 5.42. The van der Waals surface area contributed by atoms with Crippen molar-refractivity contribution in [1.82, 2.24) is 0 Å². The molecule has 2 aliphatic rings. The predicted molar refractivity (Wildman–Crippen MR) is 77.8 cm³/mol. The minimum absolute atomic E-state index is 0.279. The zero-order chi connectivity index (χ0) is 19.5. The van der Waals surface area contributed by atoms with Crippen LogP contribution >= 0.6 is 0 Å². The van der Waals surface area contributed by atoms with Crippen molar-refractivity contribution in [3.05, 3.63) is 46.5 Å². The molecule has 4 nitrogen and oxygen atoms in total. The van der Waals surface area contributed by atoms with Gasteiger partial charge in [-0.25, -0.2) is 0 Å². The first-order valence-electron chi connectivity index (χ1n) is 6.90. The summed E-state index contributed by atoms with van der Waals surface area (Å²) >= 11 is 0. The van der Waals surface area contributed by atoms with Gasteiger partial charge >= 0.3 is 12.4 Å². The fourth-order valence-electron chi connectivity index (χ4n) is 2.80. The van der Waals surface area contributed by atoms with Crippen molar-refractivity contribution in [2.24, 2.45) is 4.40 Å². The van der Waals surface area contributed by atoms with Crippen molar-refractivity contribution in [1.29, 1.82) is 0 Å². The molecular weight excluding hydrogens is 388 g/mol. The number of hydrogen-bond donors (Lipinski definition) is 0. The Balaban J connectivity index is 2.46. The number of halogens is 6. The molecule has 0 unspecified atom stereocenters. The van der Waals surface area contributed by atoms with Crippen molar-refractivity contribution in [3.8, 4) is 0 Å². The van der Waals surface area contributed by atoms with Crippen LogP contribution in [0.15, 0.2) is 44.7 Å². The molecule has 11 heteroatoms. The maximum atomic E-state index is 13.2. The molecule has 0 saturated carbocycles. The van der Waals surface area contributed by atoms with Crippen LogP contribution < -0.4 is 0 Å². The molecule has 0 bridgehead atoms. The van der Waals surface area contributed by atoms with E-state index in [4.69, 9.17) is 0 Å². The van der Waals surface area contributed by atoms with Gasteiger partial charge in [0.25, 0.3) is 10.0 Å². The molecule has 0 N–H and O–H groups in total. The summed E-state index contributed by atoms with van der Waals surface area (Å²) in [5, 5.41) is 0. The van der Waals surface area contributed by atoms with Crippen LogP contribution in [-0.2, 0) is 21.0 Å². The smallest absolute Gasteiger partial charge is 0.294 e. The Labute approximate surface area is 142 Å². The maximum Gasteiger partial charge on any atom is 0.417 e. The molecule has 0 spiro atoms. The summed E-state index contributed by atoms with van der Waals surface area (Å²) < 4.78 is 107. The second-order valence-corrected chi connectivity index (χ2v) is 6.99. The molecule has 0 aromatic heterocycles. The van der Waals surface area contributed by atoms with E-state index in [0.717, 1.165) is 12.1 Å². The first-order valence-corrected chi connectivity index (χ1v) is 8.34. The summed E-state index contributed by atoms with van der Waals surface area (Å²) in [5.74, 6) is -0.933. The van der Waals surface area contributed by atoms with Crippen LogP contribution in [0.4, 0.5) is 26.3 Å². The SMILES string of the molecule is O=C1CC=C(C(F)(F)F)C2=C1c1cccc(C(F)(F)F)c1S(=O)(=O)N=C2. The van der Waals surface area contributed by atoms with Gasteiger partial charge in [-0.3, -0.25) is 4.79 Å². The van der Waals surface area contributed by atoms with Gasteiger partial charge in [0.05, 0.1) is 11.1 Å². The van der Waals surface area contributed by atoms with E-state index in [-0.39, 0.29) is 6.21 Å². The zero-order valence-corrected chi connectivity index (χ0v) is 13.3. The lowest BCUT2D eigenvalue weighted by Gasteiger charge is -2.21. The Kier molecular flexibility index (Phi) is 3.91. The number of fused-ring (bicyclic) bond motifs is 2. The van der Waals surface area contributed by atoms with Gasteiger partial charge in [0, 0.05) is 29.3 Å². The number of carbonyl (C=O) groups excluding carboxylic acids is 1. The third-order valence-corrected chi connectivity index (χ3v) is 5.14. The highest BCUT2D eigenvalue weighted by Gasteiger charge is 2.44. The summed E-state index contributed by atoms with van der Waals surface area (Å²) in [6.07, 6.45) is -9.94. The van der Waals surface area contributed by atoms with E-state index < -0.39 is 67.3 Å². The molecule has 3 rings (SSSR count). The molecule has 138 valence electrons. The maximum absolute atomic E-state index is 13.2. The van der Waals surface area contributed by atoms with Crippen molar-refractivity contribution >= 4 is 27.6 Å². The van der Waals surface area contributed by atoms with E-state index in [1.54, 1.807) is 0 Å². The average molecular weight is 395 g/mol. The minimum Gasteiger partial charge on any atom is -0.294 e. The normalized spacial score (nSPS) is 19.6. The van der Waals surface area contributed by atoms with Crippen LogP contribution in [-0.4, -0.2) is 26.6 Å². The van der Waals surface area contributed by atoms with Gasteiger partial charge in [-0.15, -0.1) is 0 Å².